The third-order valence-electron chi connectivity index (χ3n) is 5.28. The molecule has 9 heteroatoms. The monoisotopic (exact) mass is 466 g/mol. The highest BCUT2D eigenvalue weighted by Crippen LogP contribution is 2.38. The predicted molar refractivity (Wildman–Crippen MR) is 125 cm³/mol. The molecule has 0 atom stereocenters. The first-order chi connectivity index (χ1) is 16.0. The summed E-state index contributed by atoms with van der Waals surface area (Å²) in [5.41, 5.74) is 1.72. The lowest BCUT2D eigenvalue weighted by molar-refractivity contribution is -0.384. The van der Waals surface area contributed by atoms with Crippen molar-refractivity contribution in [2.24, 2.45) is 0 Å². The van der Waals surface area contributed by atoms with Crippen molar-refractivity contribution in [3.05, 3.63) is 74.4 Å². The summed E-state index contributed by atoms with van der Waals surface area (Å²) in [6.45, 7) is 2.01. The molecule has 0 saturated heterocycles. The molecule has 2 aromatic heterocycles. The second kappa shape index (κ2) is 9.83. The Kier molecular flexibility index (Phi) is 6.69. The topological polar surface area (TPSA) is 112 Å². The Bertz CT molecular complexity index is 1240. The maximum Gasteiger partial charge on any atom is 0.341 e. The van der Waals surface area contributed by atoms with E-state index in [1.807, 2.05) is 0 Å². The summed E-state index contributed by atoms with van der Waals surface area (Å²) in [5.74, 6) is -0.133. The molecule has 1 aromatic carbocycles. The van der Waals surface area contributed by atoms with Gasteiger partial charge in [-0.1, -0.05) is 12.1 Å². The van der Waals surface area contributed by atoms with E-state index in [-0.39, 0.29) is 12.3 Å². The number of nitrogens with zero attached hydrogens (tertiary/aromatic N) is 1. The van der Waals surface area contributed by atoms with Crippen LogP contribution < -0.4 is 5.32 Å². The van der Waals surface area contributed by atoms with E-state index in [9.17, 15) is 19.7 Å². The number of thiophene rings is 1. The largest absolute Gasteiger partial charge is 0.462 e. The third-order valence-corrected chi connectivity index (χ3v) is 6.49. The van der Waals surface area contributed by atoms with Crippen molar-refractivity contribution >= 4 is 40.0 Å². The van der Waals surface area contributed by atoms with Crippen molar-refractivity contribution in [1.82, 2.24) is 0 Å². The number of hydrogen-bond acceptors (Lipinski definition) is 7. The van der Waals surface area contributed by atoms with Crippen molar-refractivity contribution in [2.45, 2.75) is 32.6 Å². The molecular formula is C24H22N2O6S. The molecule has 0 unspecified atom stereocenters. The molecule has 0 bridgehead atoms. The Hall–Kier alpha value is -3.72. The molecule has 0 saturated carbocycles. The van der Waals surface area contributed by atoms with Crippen LogP contribution in [0.3, 0.4) is 0 Å². The molecule has 33 heavy (non-hydrogen) atoms. The van der Waals surface area contributed by atoms with Crippen LogP contribution in [0.2, 0.25) is 0 Å². The minimum Gasteiger partial charge on any atom is -0.462 e. The minimum atomic E-state index is -0.470. The summed E-state index contributed by atoms with van der Waals surface area (Å²) < 4.78 is 10.9. The van der Waals surface area contributed by atoms with Gasteiger partial charge in [-0.05, 0) is 62.4 Å². The number of nitro benzene ring substituents is 1. The SMILES string of the molecule is CCOC(=O)c1c(NC(=O)/C=C/c2ccc(-c3ccccc3[N+](=O)[O-])o2)sc2c1CCCC2. The molecule has 0 aliphatic heterocycles. The van der Waals surface area contributed by atoms with Crippen molar-refractivity contribution in [3.8, 4) is 11.3 Å². The second-order valence-electron chi connectivity index (χ2n) is 7.43. The van der Waals surface area contributed by atoms with Gasteiger partial charge in [-0.3, -0.25) is 14.9 Å². The van der Waals surface area contributed by atoms with Gasteiger partial charge in [-0.25, -0.2) is 4.79 Å². The van der Waals surface area contributed by atoms with E-state index in [4.69, 9.17) is 9.15 Å². The Morgan fingerprint density at radius 2 is 2.00 bits per heavy atom. The van der Waals surface area contributed by atoms with Crippen LogP contribution in [0.4, 0.5) is 10.7 Å². The molecular weight excluding hydrogens is 444 g/mol. The van der Waals surface area contributed by atoms with Crippen LogP contribution in [0.5, 0.6) is 0 Å². The average molecular weight is 467 g/mol. The van der Waals surface area contributed by atoms with Crippen molar-refractivity contribution in [1.29, 1.82) is 0 Å². The van der Waals surface area contributed by atoms with Gasteiger partial charge >= 0.3 is 5.97 Å². The highest BCUT2D eigenvalue weighted by atomic mass is 32.1. The number of amides is 1. The van der Waals surface area contributed by atoms with Crippen LogP contribution in [-0.2, 0) is 22.4 Å². The number of furan rings is 1. The lowest BCUT2D eigenvalue weighted by atomic mass is 9.95. The summed E-state index contributed by atoms with van der Waals surface area (Å²) in [4.78, 5) is 37.0. The fourth-order valence-corrected chi connectivity index (χ4v) is 5.09. The maximum atomic E-state index is 12.6. The molecule has 4 rings (SSSR count). The molecule has 0 spiro atoms. The molecule has 1 aliphatic carbocycles. The zero-order valence-electron chi connectivity index (χ0n) is 18.0. The summed E-state index contributed by atoms with van der Waals surface area (Å²) in [7, 11) is 0. The van der Waals surface area contributed by atoms with Crippen molar-refractivity contribution < 1.29 is 23.7 Å². The first-order valence-corrected chi connectivity index (χ1v) is 11.4. The van der Waals surface area contributed by atoms with Gasteiger partial charge < -0.3 is 14.5 Å². The standard InChI is InChI=1S/C24H22N2O6S/c1-2-31-24(28)22-17-8-4-6-10-20(17)33-23(22)25-21(27)14-12-15-11-13-19(32-15)16-7-3-5-9-18(16)26(29)30/h3,5,7,9,11-14H,2,4,6,8,10H2,1H3,(H,25,27)/b14-12+. The number of anilines is 1. The van der Waals surface area contributed by atoms with Gasteiger partial charge in [0.15, 0.2) is 0 Å². The van der Waals surface area contributed by atoms with E-state index in [0.717, 1.165) is 36.1 Å². The minimum absolute atomic E-state index is 0.0618. The molecule has 1 aliphatic rings. The number of carbonyl (C=O) groups excluding carboxylic acids is 2. The van der Waals surface area contributed by atoms with Crippen LogP contribution in [0.1, 0.15) is 46.3 Å². The van der Waals surface area contributed by atoms with Gasteiger partial charge in [0.2, 0.25) is 5.91 Å². The van der Waals surface area contributed by atoms with E-state index < -0.39 is 16.8 Å². The number of aryl methyl sites for hydroxylation is 1. The van der Waals surface area contributed by atoms with Crippen LogP contribution in [0.15, 0.2) is 46.9 Å². The third kappa shape index (κ3) is 4.88. The van der Waals surface area contributed by atoms with Crippen molar-refractivity contribution in [2.75, 3.05) is 11.9 Å². The van der Waals surface area contributed by atoms with Crippen molar-refractivity contribution in [3.63, 3.8) is 0 Å². The Morgan fingerprint density at radius 1 is 1.21 bits per heavy atom. The Labute approximate surface area is 194 Å². The quantitative estimate of drug-likeness (QED) is 0.209. The number of hydrogen-bond donors (Lipinski definition) is 1. The molecule has 0 radical (unpaired) electrons. The molecule has 8 nitrogen and oxygen atoms in total. The van der Waals surface area contributed by atoms with Crippen LogP contribution >= 0.6 is 11.3 Å². The second-order valence-corrected chi connectivity index (χ2v) is 8.54. The van der Waals surface area contributed by atoms with Crippen LogP contribution in [0, 0.1) is 10.1 Å². The van der Waals surface area contributed by atoms with E-state index >= 15 is 0 Å². The van der Waals surface area contributed by atoms with Crippen LogP contribution in [0.25, 0.3) is 17.4 Å². The average Bonchev–Trinajstić information content (AvgIpc) is 3.42. The molecule has 1 amide bonds. The van der Waals surface area contributed by atoms with Gasteiger partial charge in [0.05, 0.1) is 22.7 Å². The number of benzene rings is 1. The molecule has 1 N–H and O–H groups in total. The normalized spacial score (nSPS) is 13.0. The fraction of sp³-hybridized carbons (Fsp3) is 0.250. The smallest absolute Gasteiger partial charge is 0.341 e. The summed E-state index contributed by atoms with van der Waals surface area (Å²) in [5, 5.41) is 14.5. The summed E-state index contributed by atoms with van der Waals surface area (Å²) in [6.07, 6.45) is 6.53. The number of carbonyl (C=O) groups is 2. The Morgan fingerprint density at radius 3 is 2.79 bits per heavy atom. The van der Waals surface area contributed by atoms with Gasteiger partial charge in [-0.2, -0.15) is 0 Å². The zero-order chi connectivity index (χ0) is 23.4. The van der Waals surface area contributed by atoms with E-state index in [0.29, 0.717) is 27.6 Å². The number of nitro groups is 1. The molecule has 2 heterocycles. The first kappa shape index (κ1) is 22.5. The maximum absolute atomic E-state index is 12.6. The molecule has 3 aromatic rings. The summed E-state index contributed by atoms with van der Waals surface area (Å²) >= 11 is 1.42. The van der Waals surface area contributed by atoms with Gasteiger partial charge in [0.1, 0.15) is 16.5 Å². The van der Waals surface area contributed by atoms with Crippen LogP contribution in [-0.4, -0.2) is 23.4 Å². The highest BCUT2D eigenvalue weighted by molar-refractivity contribution is 7.17. The predicted octanol–water partition coefficient (Wildman–Crippen LogP) is 5.62. The van der Waals surface area contributed by atoms with Gasteiger partial charge in [0, 0.05) is 17.0 Å². The summed E-state index contributed by atoms with van der Waals surface area (Å²) in [6, 6.07) is 9.53. The zero-order valence-corrected chi connectivity index (χ0v) is 18.8. The lowest BCUT2D eigenvalue weighted by Crippen LogP contribution is -2.14. The number of rotatable bonds is 7. The lowest BCUT2D eigenvalue weighted by Gasteiger charge is -2.12. The van der Waals surface area contributed by atoms with E-state index in [1.54, 1.807) is 37.3 Å². The highest BCUT2D eigenvalue weighted by Gasteiger charge is 2.27. The van der Waals surface area contributed by atoms with Gasteiger partial charge in [-0.15, -0.1) is 11.3 Å². The van der Waals surface area contributed by atoms with E-state index in [2.05, 4.69) is 5.32 Å². The first-order valence-electron chi connectivity index (χ1n) is 10.6. The number of para-hydroxylation sites is 1. The van der Waals surface area contributed by atoms with E-state index in [1.165, 1.54) is 29.6 Å². The van der Waals surface area contributed by atoms with Gasteiger partial charge in [0.25, 0.3) is 5.69 Å². The molecule has 170 valence electrons. The number of fused-ring (bicyclic) bond motifs is 1. The molecule has 0 fully saturated rings. The number of ether oxygens (including phenoxy) is 1. The number of esters is 1. The fourth-order valence-electron chi connectivity index (χ4n) is 3.81. The Balaban J connectivity index is 1.52. The number of nitrogens with one attached hydrogen (secondary N) is 1.